The number of benzene rings is 1. The van der Waals surface area contributed by atoms with E-state index in [9.17, 15) is 10.2 Å². The van der Waals surface area contributed by atoms with Crippen LogP contribution < -0.4 is 113 Å². The Morgan fingerprint density at radius 3 is 1.17 bits per heavy atom. The molecule has 0 saturated heterocycles. The normalized spacial score (nSPS) is 8.17. The average Bonchev–Trinajstić information content (AvgIpc) is 2.05. The minimum absolute atomic E-state index is 0. The Bertz CT molecular complexity index is 176. The van der Waals surface area contributed by atoms with E-state index in [1.807, 2.05) is 0 Å². The van der Waals surface area contributed by atoms with Gasteiger partial charge in [-0.15, -0.1) is 13.2 Å². The molecule has 4 heteroatoms. The van der Waals surface area contributed by atoms with E-state index in [0.29, 0.717) is 0 Å². The van der Waals surface area contributed by atoms with Gasteiger partial charge in [0.2, 0.25) is 0 Å². The average molecular weight is 214 g/mol. The quantitative estimate of drug-likeness (QED) is 0.460. The Kier molecular flexibility index (Phi) is 14.0. The first-order chi connectivity index (χ1) is 4.86. The summed E-state index contributed by atoms with van der Waals surface area (Å²) in [4.78, 5) is 0. The van der Waals surface area contributed by atoms with E-state index < -0.39 is 0 Å². The van der Waals surface area contributed by atoms with Crippen molar-refractivity contribution >= 4 is 0 Å². The molecule has 1 aromatic carbocycles. The van der Waals surface area contributed by atoms with E-state index >= 15 is 0 Å². The SMILES string of the molecule is [K+].[K+].[O-]Cc1ccc(C[O-])cc1. The summed E-state index contributed by atoms with van der Waals surface area (Å²) in [6.45, 7) is -0.418. The molecule has 0 fully saturated rings. The fourth-order valence-electron chi connectivity index (χ4n) is 0.732. The van der Waals surface area contributed by atoms with Crippen LogP contribution in [0, 0.1) is 0 Å². The van der Waals surface area contributed by atoms with Crippen molar-refractivity contribution in [2.45, 2.75) is 13.2 Å². The second-order valence-electron chi connectivity index (χ2n) is 2.11. The molecule has 0 unspecified atom stereocenters. The van der Waals surface area contributed by atoms with E-state index in [1.54, 1.807) is 24.3 Å². The van der Waals surface area contributed by atoms with E-state index in [4.69, 9.17) is 0 Å². The van der Waals surface area contributed by atoms with Crippen molar-refractivity contribution in [3.05, 3.63) is 35.4 Å². The monoisotopic (exact) mass is 214 g/mol. The molecule has 0 spiro atoms. The van der Waals surface area contributed by atoms with E-state index in [2.05, 4.69) is 0 Å². The summed E-state index contributed by atoms with van der Waals surface area (Å²) in [5.74, 6) is 0. The van der Waals surface area contributed by atoms with Crippen LogP contribution in [0.2, 0.25) is 0 Å². The first-order valence-electron chi connectivity index (χ1n) is 3.11. The van der Waals surface area contributed by atoms with Gasteiger partial charge in [-0.3, -0.25) is 0 Å². The third-order valence-corrected chi connectivity index (χ3v) is 1.36. The summed E-state index contributed by atoms with van der Waals surface area (Å²) in [5.41, 5.74) is 1.47. The fraction of sp³-hybridized carbons (Fsp3) is 0.250. The van der Waals surface area contributed by atoms with Crippen LogP contribution in [0.5, 0.6) is 0 Å². The first kappa shape index (κ1) is 16.8. The van der Waals surface area contributed by atoms with Gasteiger partial charge in [-0.25, -0.2) is 0 Å². The summed E-state index contributed by atoms with van der Waals surface area (Å²) >= 11 is 0. The minimum Gasteiger partial charge on any atom is -0.851 e. The predicted molar refractivity (Wildman–Crippen MR) is 33.8 cm³/mol. The standard InChI is InChI=1S/C8H8O2.2K/c9-5-7-1-2-8(6-10)4-3-7;;/h1-4H,5-6H2;;/q-2;2*+1. The van der Waals surface area contributed by atoms with Gasteiger partial charge in [-0.2, -0.15) is 0 Å². The van der Waals surface area contributed by atoms with Crippen LogP contribution in [0.15, 0.2) is 24.3 Å². The zero-order valence-corrected chi connectivity index (χ0v) is 13.8. The van der Waals surface area contributed by atoms with Gasteiger partial charge < -0.3 is 10.2 Å². The Morgan fingerprint density at radius 1 is 0.750 bits per heavy atom. The van der Waals surface area contributed by atoms with Gasteiger partial charge in [0.1, 0.15) is 0 Å². The molecular weight excluding hydrogens is 206 g/mol. The maximum Gasteiger partial charge on any atom is 1.00 e. The van der Waals surface area contributed by atoms with Crippen LogP contribution in [0.25, 0.3) is 0 Å². The molecule has 12 heavy (non-hydrogen) atoms. The predicted octanol–water partition coefficient (Wildman–Crippen LogP) is -6.58. The van der Waals surface area contributed by atoms with Crippen LogP contribution in [-0.2, 0) is 13.2 Å². The van der Waals surface area contributed by atoms with Crippen molar-refractivity contribution in [3.63, 3.8) is 0 Å². The maximum absolute atomic E-state index is 10.3. The largest absolute Gasteiger partial charge is 1.00 e. The van der Waals surface area contributed by atoms with Crippen LogP contribution >= 0.6 is 0 Å². The van der Waals surface area contributed by atoms with Crippen molar-refractivity contribution in [2.75, 3.05) is 0 Å². The molecule has 0 N–H and O–H groups in total. The van der Waals surface area contributed by atoms with Crippen LogP contribution in [-0.4, -0.2) is 0 Å². The first-order valence-corrected chi connectivity index (χ1v) is 3.11. The third-order valence-electron chi connectivity index (χ3n) is 1.36. The molecule has 1 aromatic rings. The van der Waals surface area contributed by atoms with Gasteiger partial charge in [0.15, 0.2) is 0 Å². The molecule has 0 heterocycles. The minimum atomic E-state index is -0.209. The molecule has 0 amide bonds. The second-order valence-corrected chi connectivity index (χ2v) is 2.11. The molecule has 0 aromatic heterocycles. The molecule has 0 aliphatic heterocycles. The van der Waals surface area contributed by atoms with Crippen molar-refractivity contribution in [2.24, 2.45) is 0 Å². The molecular formula is C8H8K2O2. The molecule has 1 rings (SSSR count). The summed E-state index contributed by atoms with van der Waals surface area (Å²) < 4.78 is 0. The Morgan fingerprint density at radius 2 is 1.00 bits per heavy atom. The zero-order valence-electron chi connectivity index (χ0n) is 7.54. The number of hydrogen-bond acceptors (Lipinski definition) is 2. The van der Waals surface area contributed by atoms with Crippen molar-refractivity contribution in [1.29, 1.82) is 0 Å². The zero-order chi connectivity index (χ0) is 7.40. The second kappa shape index (κ2) is 9.95. The molecule has 54 valence electrons. The summed E-state index contributed by atoms with van der Waals surface area (Å²) in [6, 6.07) is 6.78. The van der Waals surface area contributed by atoms with Gasteiger partial charge in [0.25, 0.3) is 0 Å². The van der Waals surface area contributed by atoms with Crippen LogP contribution in [0.4, 0.5) is 0 Å². The molecule has 0 aliphatic rings. The Labute approximate surface area is 158 Å². The number of rotatable bonds is 2. The van der Waals surface area contributed by atoms with Gasteiger partial charge in [0, 0.05) is 0 Å². The fourth-order valence-corrected chi connectivity index (χ4v) is 0.732. The van der Waals surface area contributed by atoms with Crippen LogP contribution in [0.3, 0.4) is 0 Å². The molecule has 0 aliphatic carbocycles. The van der Waals surface area contributed by atoms with E-state index in [0.717, 1.165) is 11.1 Å². The van der Waals surface area contributed by atoms with E-state index in [-0.39, 0.29) is 116 Å². The smallest absolute Gasteiger partial charge is 0.851 e. The van der Waals surface area contributed by atoms with Crippen molar-refractivity contribution < 1.29 is 113 Å². The molecule has 0 saturated carbocycles. The topological polar surface area (TPSA) is 46.1 Å². The van der Waals surface area contributed by atoms with Gasteiger partial charge in [-0.1, -0.05) is 35.4 Å². The molecule has 0 atom stereocenters. The Hall–Kier alpha value is 2.41. The summed E-state index contributed by atoms with van der Waals surface area (Å²) in [6.07, 6.45) is 0. The molecule has 2 nitrogen and oxygen atoms in total. The van der Waals surface area contributed by atoms with Gasteiger partial charge >= 0.3 is 103 Å². The maximum atomic E-state index is 10.3. The molecule has 0 bridgehead atoms. The van der Waals surface area contributed by atoms with E-state index in [1.165, 1.54) is 0 Å². The van der Waals surface area contributed by atoms with Crippen molar-refractivity contribution in [1.82, 2.24) is 0 Å². The van der Waals surface area contributed by atoms with Crippen molar-refractivity contribution in [3.8, 4) is 0 Å². The third kappa shape index (κ3) is 6.00. The summed E-state index contributed by atoms with van der Waals surface area (Å²) in [5, 5.41) is 20.5. The Balaban J connectivity index is 0. The molecule has 0 radical (unpaired) electrons. The van der Waals surface area contributed by atoms with Crippen LogP contribution in [0.1, 0.15) is 11.1 Å². The van der Waals surface area contributed by atoms with Gasteiger partial charge in [-0.05, 0) is 0 Å². The summed E-state index contributed by atoms with van der Waals surface area (Å²) in [7, 11) is 0. The van der Waals surface area contributed by atoms with Gasteiger partial charge in [0.05, 0.1) is 0 Å². The number of hydrogen-bond donors (Lipinski definition) is 0.